The summed E-state index contributed by atoms with van der Waals surface area (Å²) in [6.45, 7) is 9.27. The minimum Gasteiger partial charge on any atom is -0.316 e. The Morgan fingerprint density at radius 3 is 2.88 bits per heavy atom. The van der Waals surface area contributed by atoms with Gasteiger partial charge in [-0.3, -0.25) is 0 Å². The number of aryl methyl sites for hydroxylation is 1. The van der Waals surface area contributed by atoms with Gasteiger partial charge in [0.2, 0.25) is 0 Å². The predicted octanol–water partition coefficient (Wildman–Crippen LogP) is 3.98. The zero-order valence-corrected chi connectivity index (χ0v) is 11.4. The van der Waals surface area contributed by atoms with Crippen LogP contribution in [0.5, 0.6) is 0 Å². The third kappa shape index (κ3) is 2.71. The lowest BCUT2D eigenvalue weighted by molar-refractivity contribution is 0.456. The third-order valence-corrected chi connectivity index (χ3v) is 4.21. The van der Waals surface area contributed by atoms with Crippen LogP contribution >= 0.6 is 0 Å². The van der Waals surface area contributed by atoms with Crippen LogP contribution in [0.15, 0.2) is 18.2 Å². The minimum absolute atomic E-state index is 0.687. The van der Waals surface area contributed by atoms with Gasteiger partial charge in [-0.2, -0.15) is 0 Å². The van der Waals surface area contributed by atoms with Gasteiger partial charge in [-0.1, -0.05) is 32.0 Å². The molecule has 1 saturated heterocycles. The minimum atomic E-state index is 0.687. The largest absolute Gasteiger partial charge is 0.316 e. The average Bonchev–Trinajstić information content (AvgIpc) is 2.38. The molecule has 1 heteroatoms. The molecule has 0 aliphatic carbocycles. The van der Waals surface area contributed by atoms with Crippen LogP contribution in [0.3, 0.4) is 0 Å². The van der Waals surface area contributed by atoms with Crippen molar-refractivity contribution in [3.05, 3.63) is 34.9 Å². The number of piperidine rings is 1. The first kappa shape index (κ1) is 12.6. The highest BCUT2D eigenvalue weighted by molar-refractivity contribution is 5.39. The fourth-order valence-electron chi connectivity index (χ4n) is 3.01. The summed E-state index contributed by atoms with van der Waals surface area (Å²) >= 11 is 0. The Morgan fingerprint density at radius 2 is 2.24 bits per heavy atom. The van der Waals surface area contributed by atoms with Gasteiger partial charge in [-0.25, -0.2) is 0 Å². The van der Waals surface area contributed by atoms with Crippen molar-refractivity contribution >= 4 is 0 Å². The highest BCUT2D eigenvalue weighted by Gasteiger charge is 2.21. The van der Waals surface area contributed by atoms with Crippen LogP contribution in [-0.4, -0.2) is 13.1 Å². The standard InChI is InChI=1S/C16H25N/c1-4-12(2)15-9-5-7-13(3)16(15)14-8-6-10-17-11-14/h5,7,9,12,14,17H,4,6,8,10-11H2,1-3H3. The van der Waals surface area contributed by atoms with Crippen molar-refractivity contribution in [2.45, 2.75) is 51.9 Å². The highest BCUT2D eigenvalue weighted by Crippen LogP contribution is 2.33. The molecule has 2 rings (SSSR count). The van der Waals surface area contributed by atoms with Crippen molar-refractivity contribution in [1.29, 1.82) is 0 Å². The van der Waals surface area contributed by atoms with Crippen molar-refractivity contribution in [2.24, 2.45) is 0 Å². The van der Waals surface area contributed by atoms with Gasteiger partial charge < -0.3 is 5.32 Å². The molecule has 0 saturated carbocycles. The zero-order chi connectivity index (χ0) is 12.3. The lowest BCUT2D eigenvalue weighted by Crippen LogP contribution is -2.29. The molecule has 1 aliphatic heterocycles. The molecule has 1 aromatic rings. The first-order chi connectivity index (χ1) is 8.24. The van der Waals surface area contributed by atoms with Crippen molar-refractivity contribution in [3.8, 4) is 0 Å². The number of benzene rings is 1. The van der Waals surface area contributed by atoms with Gasteiger partial charge in [0.1, 0.15) is 0 Å². The van der Waals surface area contributed by atoms with E-state index in [0.29, 0.717) is 5.92 Å². The molecule has 2 atom stereocenters. The number of rotatable bonds is 3. The summed E-state index contributed by atoms with van der Waals surface area (Å²) < 4.78 is 0. The van der Waals surface area contributed by atoms with Gasteiger partial charge in [0, 0.05) is 6.54 Å². The molecule has 2 unspecified atom stereocenters. The maximum Gasteiger partial charge on any atom is 0.00203 e. The van der Waals surface area contributed by atoms with Crippen molar-refractivity contribution in [1.82, 2.24) is 5.32 Å². The summed E-state index contributed by atoms with van der Waals surface area (Å²) in [4.78, 5) is 0. The average molecular weight is 231 g/mol. The second kappa shape index (κ2) is 5.68. The topological polar surface area (TPSA) is 12.0 Å². The summed E-state index contributed by atoms with van der Waals surface area (Å²) in [5.74, 6) is 1.42. The van der Waals surface area contributed by atoms with Gasteiger partial charge in [-0.05, 0) is 61.3 Å². The Balaban J connectivity index is 2.35. The molecule has 17 heavy (non-hydrogen) atoms. The first-order valence-electron chi connectivity index (χ1n) is 7.04. The van der Waals surface area contributed by atoms with Crippen LogP contribution in [-0.2, 0) is 0 Å². The number of hydrogen-bond acceptors (Lipinski definition) is 1. The van der Waals surface area contributed by atoms with Crippen molar-refractivity contribution in [2.75, 3.05) is 13.1 Å². The van der Waals surface area contributed by atoms with E-state index in [1.54, 1.807) is 11.1 Å². The first-order valence-corrected chi connectivity index (χ1v) is 7.04. The molecule has 0 spiro atoms. The van der Waals surface area contributed by atoms with E-state index in [1.165, 1.54) is 31.4 Å². The maximum atomic E-state index is 3.54. The predicted molar refractivity (Wildman–Crippen MR) is 74.7 cm³/mol. The fourth-order valence-corrected chi connectivity index (χ4v) is 3.01. The molecule has 0 amide bonds. The molecule has 0 bridgehead atoms. The van der Waals surface area contributed by atoms with E-state index in [0.717, 1.165) is 12.5 Å². The Labute approximate surface area is 106 Å². The lowest BCUT2D eigenvalue weighted by Gasteiger charge is -2.28. The molecule has 1 N–H and O–H groups in total. The van der Waals surface area contributed by atoms with E-state index in [2.05, 4.69) is 44.3 Å². The number of hydrogen-bond donors (Lipinski definition) is 1. The quantitative estimate of drug-likeness (QED) is 0.830. The van der Waals surface area contributed by atoms with E-state index >= 15 is 0 Å². The molecular formula is C16H25N. The van der Waals surface area contributed by atoms with Crippen molar-refractivity contribution < 1.29 is 0 Å². The lowest BCUT2D eigenvalue weighted by atomic mass is 9.81. The van der Waals surface area contributed by atoms with Crippen LogP contribution in [0, 0.1) is 6.92 Å². The smallest absolute Gasteiger partial charge is 0.00203 e. The van der Waals surface area contributed by atoms with Crippen LogP contribution in [0.4, 0.5) is 0 Å². The second-order valence-corrected chi connectivity index (χ2v) is 5.43. The van der Waals surface area contributed by atoms with Crippen molar-refractivity contribution in [3.63, 3.8) is 0 Å². The van der Waals surface area contributed by atoms with E-state index in [-0.39, 0.29) is 0 Å². The summed E-state index contributed by atoms with van der Waals surface area (Å²) in [6.07, 6.45) is 3.90. The van der Waals surface area contributed by atoms with E-state index in [1.807, 2.05) is 0 Å². The molecule has 1 fully saturated rings. The molecule has 1 nitrogen and oxygen atoms in total. The Bertz CT molecular complexity index is 364. The maximum absolute atomic E-state index is 3.54. The van der Waals surface area contributed by atoms with Gasteiger partial charge in [0.15, 0.2) is 0 Å². The molecule has 1 heterocycles. The van der Waals surface area contributed by atoms with E-state index < -0.39 is 0 Å². The number of nitrogens with one attached hydrogen (secondary N) is 1. The van der Waals surface area contributed by atoms with Gasteiger partial charge in [-0.15, -0.1) is 0 Å². The van der Waals surface area contributed by atoms with E-state index in [9.17, 15) is 0 Å². The van der Waals surface area contributed by atoms with Gasteiger partial charge in [0.25, 0.3) is 0 Å². The third-order valence-electron chi connectivity index (χ3n) is 4.21. The van der Waals surface area contributed by atoms with Gasteiger partial charge >= 0.3 is 0 Å². The Hall–Kier alpha value is -0.820. The molecule has 0 aromatic heterocycles. The SMILES string of the molecule is CCC(C)c1cccc(C)c1C1CCCNC1. The summed E-state index contributed by atoms with van der Waals surface area (Å²) in [6, 6.07) is 6.83. The summed E-state index contributed by atoms with van der Waals surface area (Å²) in [5, 5.41) is 3.54. The second-order valence-electron chi connectivity index (χ2n) is 5.43. The molecule has 1 aliphatic rings. The Kier molecular flexibility index (Phi) is 4.22. The summed E-state index contributed by atoms with van der Waals surface area (Å²) in [7, 11) is 0. The van der Waals surface area contributed by atoms with Gasteiger partial charge in [0.05, 0.1) is 0 Å². The summed E-state index contributed by atoms with van der Waals surface area (Å²) in [5.41, 5.74) is 4.70. The molecule has 1 aromatic carbocycles. The fraction of sp³-hybridized carbons (Fsp3) is 0.625. The normalized spacial score (nSPS) is 22.4. The molecular weight excluding hydrogens is 206 g/mol. The zero-order valence-electron chi connectivity index (χ0n) is 11.4. The Morgan fingerprint density at radius 1 is 1.41 bits per heavy atom. The van der Waals surface area contributed by atoms with Crippen LogP contribution in [0.1, 0.15) is 61.6 Å². The molecule has 94 valence electrons. The monoisotopic (exact) mass is 231 g/mol. The van der Waals surface area contributed by atoms with Crippen LogP contribution in [0.25, 0.3) is 0 Å². The molecule has 0 radical (unpaired) electrons. The van der Waals surface area contributed by atoms with E-state index in [4.69, 9.17) is 0 Å². The van der Waals surface area contributed by atoms with Crippen LogP contribution < -0.4 is 5.32 Å². The van der Waals surface area contributed by atoms with Crippen LogP contribution in [0.2, 0.25) is 0 Å². The highest BCUT2D eigenvalue weighted by atomic mass is 14.9.